The van der Waals surface area contributed by atoms with Gasteiger partial charge in [-0.25, -0.2) is 0 Å². The molecule has 0 spiro atoms. The lowest BCUT2D eigenvalue weighted by atomic mass is 9.98. The van der Waals surface area contributed by atoms with Gasteiger partial charge >= 0.3 is 0 Å². The summed E-state index contributed by atoms with van der Waals surface area (Å²) in [7, 11) is 0. The third kappa shape index (κ3) is 2.47. The van der Waals surface area contributed by atoms with E-state index >= 15 is 0 Å². The number of halogens is 1. The van der Waals surface area contributed by atoms with E-state index in [0.717, 1.165) is 4.47 Å². The van der Waals surface area contributed by atoms with Crippen molar-refractivity contribution in [3.05, 3.63) is 80.1 Å². The maximum atomic E-state index is 12.6. The lowest BCUT2D eigenvalue weighted by Crippen LogP contribution is -2.19. The van der Waals surface area contributed by atoms with Crippen LogP contribution < -0.4 is 10.2 Å². The van der Waals surface area contributed by atoms with Crippen LogP contribution in [0, 0.1) is 0 Å². The fourth-order valence-electron chi connectivity index (χ4n) is 2.69. The topological polar surface area (TPSA) is 56.5 Å². The van der Waals surface area contributed by atoms with Gasteiger partial charge in [0, 0.05) is 10.0 Å². The first-order chi connectivity index (χ1) is 11.6. The molecule has 0 saturated carbocycles. The maximum Gasteiger partial charge on any atom is 0.199 e. The number of ketones is 1. The second kappa shape index (κ2) is 5.76. The first-order valence-electron chi connectivity index (χ1n) is 7.31. The molecule has 1 aromatic heterocycles. The third-order valence-corrected chi connectivity index (χ3v) is 4.39. The van der Waals surface area contributed by atoms with E-state index in [9.17, 15) is 9.59 Å². The second-order valence-electron chi connectivity index (χ2n) is 5.44. The second-order valence-corrected chi connectivity index (χ2v) is 6.36. The quantitative estimate of drug-likeness (QED) is 0.591. The molecule has 0 N–H and O–H groups in total. The molecule has 1 aliphatic rings. The molecular formula is C19H11BrO4. The van der Waals surface area contributed by atoms with Crippen LogP contribution in [0.2, 0.25) is 0 Å². The Morgan fingerprint density at radius 1 is 1.08 bits per heavy atom. The summed E-state index contributed by atoms with van der Waals surface area (Å²) in [5.41, 5.74) is 1.57. The van der Waals surface area contributed by atoms with Crippen molar-refractivity contribution in [1.82, 2.24) is 0 Å². The van der Waals surface area contributed by atoms with Gasteiger partial charge in [-0.2, -0.15) is 0 Å². The van der Waals surface area contributed by atoms with Crippen LogP contribution in [0.4, 0.5) is 0 Å². The van der Waals surface area contributed by atoms with Crippen molar-refractivity contribution in [2.24, 2.45) is 0 Å². The normalized spacial score (nSPS) is 15.4. The van der Waals surface area contributed by atoms with Crippen LogP contribution >= 0.6 is 15.9 Å². The summed E-state index contributed by atoms with van der Waals surface area (Å²) in [5.74, 6) is 0.430. The Labute approximate surface area is 145 Å². The van der Waals surface area contributed by atoms with E-state index in [-0.39, 0.29) is 17.8 Å². The molecule has 0 saturated heterocycles. The fourth-order valence-corrected chi connectivity index (χ4v) is 3.05. The Morgan fingerprint density at radius 2 is 1.92 bits per heavy atom. The van der Waals surface area contributed by atoms with Crippen molar-refractivity contribution in [3.8, 4) is 5.75 Å². The van der Waals surface area contributed by atoms with Gasteiger partial charge in [0.2, 0.25) is 0 Å². The Morgan fingerprint density at radius 3 is 2.79 bits per heavy atom. The Balaban J connectivity index is 1.82. The minimum atomic E-state index is -0.184. The molecule has 5 heteroatoms. The molecule has 4 nitrogen and oxygen atoms in total. The van der Waals surface area contributed by atoms with Crippen LogP contribution in [-0.4, -0.2) is 12.4 Å². The van der Waals surface area contributed by atoms with Gasteiger partial charge in [-0.1, -0.05) is 28.1 Å². The number of hydrogen-bond acceptors (Lipinski definition) is 4. The van der Waals surface area contributed by atoms with Gasteiger partial charge in [-0.15, -0.1) is 0 Å². The number of benzene rings is 2. The van der Waals surface area contributed by atoms with Gasteiger partial charge in [-0.3, -0.25) is 9.59 Å². The highest BCUT2D eigenvalue weighted by molar-refractivity contribution is 9.10. The zero-order chi connectivity index (χ0) is 16.7. The largest absolute Gasteiger partial charge is 0.488 e. The predicted octanol–water partition coefficient (Wildman–Crippen LogP) is 4.21. The monoisotopic (exact) mass is 382 g/mol. The first kappa shape index (κ1) is 14.9. The van der Waals surface area contributed by atoms with E-state index in [0.29, 0.717) is 33.4 Å². The highest BCUT2D eigenvalue weighted by atomic mass is 79.9. The summed E-state index contributed by atoms with van der Waals surface area (Å²) in [5, 5.41) is 0.461. The zero-order valence-corrected chi connectivity index (χ0v) is 14.0. The molecule has 1 aliphatic heterocycles. The molecule has 0 atom stereocenters. The summed E-state index contributed by atoms with van der Waals surface area (Å²) in [6.07, 6.45) is 2.92. The van der Waals surface area contributed by atoms with Gasteiger partial charge < -0.3 is 9.15 Å². The summed E-state index contributed by atoms with van der Waals surface area (Å²) in [6, 6.07) is 12.3. The lowest BCUT2D eigenvalue weighted by molar-refractivity contribution is 0.100. The minimum absolute atomic E-state index is 0.131. The minimum Gasteiger partial charge on any atom is -0.488 e. The van der Waals surface area contributed by atoms with E-state index in [4.69, 9.17) is 9.15 Å². The summed E-state index contributed by atoms with van der Waals surface area (Å²) >= 11 is 3.35. The Bertz CT molecular complexity index is 1060. The van der Waals surface area contributed by atoms with E-state index in [2.05, 4.69) is 15.9 Å². The maximum absolute atomic E-state index is 12.6. The van der Waals surface area contributed by atoms with Crippen molar-refractivity contribution in [3.63, 3.8) is 0 Å². The zero-order valence-electron chi connectivity index (χ0n) is 12.4. The van der Waals surface area contributed by atoms with Crippen molar-refractivity contribution < 1.29 is 13.9 Å². The molecule has 2 aromatic carbocycles. The highest BCUT2D eigenvalue weighted by Gasteiger charge is 2.23. The van der Waals surface area contributed by atoms with Crippen LogP contribution in [0.5, 0.6) is 5.75 Å². The van der Waals surface area contributed by atoms with Crippen LogP contribution in [0.15, 0.2) is 68.0 Å². The Kier molecular flexibility index (Phi) is 3.58. The number of carbonyl (C=O) groups is 1. The smallest absolute Gasteiger partial charge is 0.199 e. The molecule has 118 valence electrons. The summed E-state index contributed by atoms with van der Waals surface area (Å²) < 4.78 is 11.9. The molecule has 4 rings (SSSR count). The van der Waals surface area contributed by atoms with Crippen molar-refractivity contribution >= 4 is 38.8 Å². The summed E-state index contributed by atoms with van der Waals surface area (Å²) in [4.78, 5) is 25.2. The molecule has 0 unspecified atom stereocenters. The van der Waals surface area contributed by atoms with Gasteiger partial charge in [0.1, 0.15) is 24.2 Å². The van der Waals surface area contributed by atoms with Gasteiger partial charge in [-0.05, 0) is 36.4 Å². The first-order valence-corrected chi connectivity index (χ1v) is 8.11. The van der Waals surface area contributed by atoms with Crippen molar-refractivity contribution in [2.45, 2.75) is 0 Å². The summed E-state index contributed by atoms with van der Waals surface area (Å²) in [6.45, 7) is 0.131. The van der Waals surface area contributed by atoms with E-state index in [1.165, 1.54) is 6.26 Å². The van der Waals surface area contributed by atoms with Crippen LogP contribution in [0.25, 0.3) is 17.0 Å². The predicted molar refractivity (Wildman–Crippen MR) is 94.4 cm³/mol. The number of carbonyl (C=O) groups excluding carboxylic acids is 1. The Hall–Kier alpha value is -2.66. The molecule has 0 amide bonds. The average Bonchev–Trinajstić information content (AvgIpc) is 2.60. The van der Waals surface area contributed by atoms with Crippen LogP contribution in [-0.2, 0) is 0 Å². The standard InChI is InChI=1S/C19H11BrO4/c20-13-5-6-17-15(8-13)19(22)12(10-24-17)7-11-9-23-16-4-2-1-3-14(16)18(11)21/h1-8,10H,9H2/b11-7-. The lowest BCUT2D eigenvalue weighted by Gasteiger charge is -2.18. The fraction of sp³-hybridized carbons (Fsp3) is 0.0526. The number of Topliss-reactive ketones (excluding diaryl/α,β-unsaturated/α-hetero) is 1. The molecule has 0 aliphatic carbocycles. The molecule has 2 heterocycles. The molecule has 0 radical (unpaired) electrons. The highest BCUT2D eigenvalue weighted by Crippen LogP contribution is 2.27. The average molecular weight is 383 g/mol. The number of para-hydroxylation sites is 1. The van der Waals surface area contributed by atoms with Crippen molar-refractivity contribution in [2.75, 3.05) is 6.61 Å². The molecule has 3 aromatic rings. The van der Waals surface area contributed by atoms with Crippen LogP contribution in [0.1, 0.15) is 15.9 Å². The number of ether oxygens (including phenoxy) is 1. The van der Waals surface area contributed by atoms with Gasteiger partial charge in [0.05, 0.1) is 16.5 Å². The van der Waals surface area contributed by atoms with Crippen molar-refractivity contribution in [1.29, 1.82) is 0 Å². The molecule has 0 fully saturated rings. The van der Waals surface area contributed by atoms with E-state index in [1.54, 1.807) is 42.5 Å². The SMILES string of the molecule is O=C1/C(=C\c2coc3ccc(Br)cc3c2=O)COc2ccccc21. The van der Waals surface area contributed by atoms with Crippen LogP contribution in [0.3, 0.4) is 0 Å². The van der Waals surface area contributed by atoms with E-state index in [1.807, 2.05) is 6.07 Å². The van der Waals surface area contributed by atoms with Gasteiger partial charge in [0.15, 0.2) is 11.2 Å². The number of fused-ring (bicyclic) bond motifs is 2. The molecule has 0 bridgehead atoms. The number of rotatable bonds is 1. The number of hydrogen-bond donors (Lipinski definition) is 0. The van der Waals surface area contributed by atoms with Gasteiger partial charge in [0.25, 0.3) is 0 Å². The van der Waals surface area contributed by atoms with E-state index < -0.39 is 0 Å². The molecular weight excluding hydrogens is 372 g/mol. The third-order valence-electron chi connectivity index (χ3n) is 3.90. The molecule has 24 heavy (non-hydrogen) atoms.